The van der Waals surface area contributed by atoms with E-state index in [2.05, 4.69) is 5.10 Å². The number of Topliss-reactive ketones (excluding diaryl/α,β-unsaturated/α-hetero) is 1. The molecule has 2 heterocycles. The second-order valence-electron chi connectivity index (χ2n) is 7.33. The fourth-order valence-electron chi connectivity index (χ4n) is 3.32. The van der Waals surface area contributed by atoms with Gasteiger partial charge in [-0.05, 0) is 50.1 Å². The van der Waals surface area contributed by atoms with Crippen molar-refractivity contribution >= 4 is 39.3 Å². The lowest BCUT2D eigenvalue weighted by atomic mass is 10.1. The van der Waals surface area contributed by atoms with Crippen LogP contribution >= 0.6 is 11.6 Å². The molecule has 0 amide bonds. The molecule has 1 aromatic carbocycles. The number of aryl methyl sites for hydroxylation is 1. The van der Waals surface area contributed by atoms with Crippen LogP contribution in [0.3, 0.4) is 0 Å². The number of hydrogen-bond donors (Lipinski definition) is 0. The Balaban J connectivity index is 1.50. The van der Waals surface area contributed by atoms with Crippen molar-refractivity contribution in [3.8, 4) is 0 Å². The molecule has 7 nitrogen and oxygen atoms in total. The normalized spacial score (nSPS) is 17.8. The van der Waals surface area contributed by atoms with Crippen molar-refractivity contribution in [3.05, 3.63) is 58.1 Å². The zero-order valence-corrected chi connectivity index (χ0v) is 18.5. The smallest absolute Gasteiger partial charge is 0.330 e. The van der Waals surface area contributed by atoms with Crippen LogP contribution in [0.5, 0.6) is 0 Å². The number of sulfone groups is 1. The maximum absolute atomic E-state index is 12.9. The molecule has 0 spiro atoms. The standard InChI is InChI=1S/C21H22ClFN2O5S/c1-14-18(21(22)25(24-14)17-10-12-31(28,29)13-17)8-9-20(27)30-11-2-3-19(26)15-4-6-16(23)7-5-15/h4-9,17H,2-3,10-13H2,1H3/b9-8+/t17-/m0/s1. The predicted octanol–water partition coefficient (Wildman–Crippen LogP) is 3.56. The Morgan fingerprint density at radius 1 is 1.32 bits per heavy atom. The highest BCUT2D eigenvalue weighted by atomic mass is 35.5. The number of hydrogen-bond acceptors (Lipinski definition) is 6. The first-order valence-corrected chi connectivity index (χ1v) is 11.9. The van der Waals surface area contributed by atoms with Crippen LogP contribution in [-0.2, 0) is 19.4 Å². The van der Waals surface area contributed by atoms with E-state index in [1.165, 1.54) is 41.1 Å². The average Bonchev–Trinajstić information content (AvgIpc) is 3.22. The van der Waals surface area contributed by atoms with Crippen molar-refractivity contribution in [2.24, 2.45) is 0 Å². The molecule has 0 saturated carbocycles. The lowest BCUT2D eigenvalue weighted by Gasteiger charge is -2.09. The maximum Gasteiger partial charge on any atom is 0.330 e. The van der Waals surface area contributed by atoms with E-state index in [4.69, 9.17) is 16.3 Å². The molecule has 1 aromatic heterocycles. The third-order valence-corrected chi connectivity index (χ3v) is 7.10. The predicted molar refractivity (Wildman–Crippen MR) is 114 cm³/mol. The summed E-state index contributed by atoms with van der Waals surface area (Å²) in [6.45, 7) is 1.78. The molecule has 2 aromatic rings. The zero-order valence-electron chi connectivity index (χ0n) is 16.9. The number of benzene rings is 1. The van der Waals surface area contributed by atoms with E-state index in [1.807, 2.05) is 0 Å². The summed E-state index contributed by atoms with van der Waals surface area (Å²) in [5, 5.41) is 4.59. The number of ether oxygens (including phenoxy) is 1. The summed E-state index contributed by atoms with van der Waals surface area (Å²) in [7, 11) is -3.08. The van der Waals surface area contributed by atoms with Gasteiger partial charge in [0.25, 0.3) is 0 Å². The Labute approximate surface area is 184 Å². The van der Waals surface area contributed by atoms with Gasteiger partial charge >= 0.3 is 5.97 Å². The number of ketones is 1. The molecule has 0 N–H and O–H groups in total. The molecule has 0 radical (unpaired) electrons. The summed E-state index contributed by atoms with van der Waals surface area (Å²) in [5.41, 5.74) is 1.50. The summed E-state index contributed by atoms with van der Waals surface area (Å²) in [6.07, 6.45) is 3.66. The SMILES string of the molecule is Cc1nn([C@H]2CCS(=O)(=O)C2)c(Cl)c1/C=C/C(=O)OCCCC(=O)c1ccc(F)cc1. The molecule has 1 atom stereocenters. The summed E-state index contributed by atoms with van der Waals surface area (Å²) in [4.78, 5) is 24.0. The minimum atomic E-state index is -3.08. The van der Waals surface area contributed by atoms with Gasteiger partial charge in [-0.25, -0.2) is 22.3 Å². The van der Waals surface area contributed by atoms with Crippen molar-refractivity contribution in [2.75, 3.05) is 18.1 Å². The average molecular weight is 469 g/mol. The number of carbonyl (C=O) groups excluding carboxylic acids is 2. The minimum absolute atomic E-state index is 0.00429. The van der Waals surface area contributed by atoms with E-state index < -0.39 is 21.6 Å². The van der Waals surface area contributed by atoms with Gasteiger partial charge in [0.05, 0.1) is 29.8 Å². The lowest BCUT2D eigenvalue weighted by molar-refractivity contribution is -0.137. The quantitative estimate of drug-likeness (QED) is 0.254. The molecule has 1 aliphatic heterocycles. The Bertz CT molecular complexity index is 1110. The maximum atomic E-state index is 12.9. The topological polar surface area (TPSA) is 95.3 Å². The van der Waals surface area contributed by atoms with Crippen LogP contribution in [0.2, 0.25) is 5.15 Å². The van der Waals surface area contributed by atoms with Gasteiger partial charge in [0, 0.05) is 23.6 Å². The number of carbonyl (C=O) groups is 2. The van der Waals surface area contributed by atoms with Gasteiger partial charge < -0.3 is 4.74 Å². The van der Waals surface area contributed by atoms with Crippen LogP contribution in [0.15, 0.2) is 30.3 Å². The molecule has 1 fully saturated rings. The van der Waals surface area contributed by atoms with Gasteiger partial charge in [-0.15, -0.1) is 0 Å². The molecule has 1 aliphatic rings. The number of nitrogens with zero attached hydrogens (tertiary/aromatic N) is 2. The summed E-state index contributed by atoms with van der Waals surface area (Å²) >= 11 is 6.36. The van der Waals surface area contributed by atoms with Crippen LogP contribution in [0, 0.1) is 12.7 Å². The Morgan fingerprint density at radius 2 is 2.03 bits per heavy atom. The van der Waals surface area contributed by atoms with E-state index >= 15 is 0 Å². The molecule has 10 heteroatoms. The Hall–Kier alpha value is -2.52. The van der Waals surface area contributed by atoms with Gasteiger partial charge in [-0.2, -0.15) is 5.10 Å². The monoisotopic (exact) mass is 468 g/mol. The highest BCUT2D eigenvalue weighted by molar-refractivity contribution is 7.91. The van der Waals surface area contributed by atoms with E-state index in [9.17, 15) is 22.4 Å². The summed E-state index contributed by atoms with van der Waals surface area (Å²) in [5.74, 6) is -1.06. The second kappa shape index (κ2) is 9.74. The molecule has 0 unspecified atom stereocenters. The highest BCUT2D eigenvalue weighted by Crippen LogP contribution is 2.30. The fourth-order valence-corrected chi connectivity index (χ4v) is 5.38. The first-order valence-electron chi connectivity index (χ1n) is 9.75. The van der Waals surface area contributed by atoms with E-state index in [-0.39, 0.29) is 41.5 Å². The molecule has 166 valence electrons. The first-order chi connectivity index (χ1) is 14.7. The van der Waals surface area contributed by atoms with Gasteiger partial charge in [0.2, 0.25) is 0 Å². The number of aromatic nitrogens is 2. The second-order valence-corrected chi connectivity index (χ2v) is 9.91. The van der Waals surface area contributed by atoms with Gasteiger partial charge in [-0.1, -0.05) is 11.6 Å². The fraction of sp³-hybridized carbons (Fsp3) is 0.381. The molecular weight excluding hydrogens is 447 g/mol. The molecule has 0 bridgehead atoms. The van der Waals surface area contributed by atoms with Crippen LogP contribution in [0.4, 0.5) is 4.39 Å². The third kappa shape index (κ3) is 6.01. The number of esters is 1. The van der Waals surface area contributed by atoms with Crippen LogP contribution in [-0.4, -0.2) is 48.1 Å². The van der Waals surface area contributed by atoms with Crippen molar-refractivity contribution in [1.82, 2.24) is 9.78 Å². The third-order valence-electron chi connectivity index (χ3n) is 4.97. The molecule has 1 saturated heterocycles. The molecule has 31 heavy (non-hydrogen) atoms. The van der Waals surface area contributed by atoms with Gasteiger partial charge in [0.15, 0.2) is 15.6 Å². The van der Waals surface area contributed by atoms with E-state index in [0.717, 1.165) is 0 Å². The summed E-state index contributed by atoms with van der Waals surface area (Å²) in [6, 6.07) is 4.96. The minimum Gasteiger partial charge on any atom is -0.463 e. The molecule has 3 rings (SSSR count). The highest BCUT2D eigenvalue weighted by Gasteiger charge is 2.31. The van der Waals surface area contributed by atoms with Crippen molar-refractivity contribution in [3.63, 3.8) is 0 Å². The Morgan fingerprint density at radius 3 is 2.68 bits per heavy atom. The van der Waals surface area contributed by atoms with Gasteiger partial charge in [-0.3, -0.25) is 4.79 Å². The first kappa shape index (κ1) is 23.1. The van der Waals surface area contributed by atoms with Crippen molar-refractivity contribution in [1.29, 1.82) is 0 Å². The van der Waals surface area contributed by atoms with Crippen LogP contribution in [0.1, 0.15) is 46.9 Å². The van der Waals surface area contributed by atoms with Crippen LogP contribution < -0.4 is 0 Å². The zero-order chi connectivity index (χ0) is 22.6. The van der Waals surface area contributed by atoms with E-state index in [0.29, 0.717) is 29.7 Å². The largest absolute Gasteiger partial charge is 0.463 e. The van der Waals surface area contributed by atoms with Crippen molar-refractivity contribution < 1.29 is 27.1 Å². The lowest BCUT2D eigenvalue weighted by Crippen LogP contribution is -2.12. The number of rotatable bonds is 8. The van der Waals surface area contributed by atoms with Gasteiger partial charge in [0.1, 0.15) is 11.0 Å². The van der Waals surface area contributed by atoms with E-state index in [1.54, 1.807) is 6.92 Å². The molecular formula is C21H22ClFN2O5S. The Kier molecular flexibility index (Phi) is 7.27. The van der Waals surface area contributed by atoms with Crippen LogP contribution in [0.25, 0.3) is 6.08 Å². The van der Waals surface area contributed by atoms with Crippen molar-refractivity contribution in [2.45, 2.75) is 32.2 Å². The number of halogens is 2. The summed E-state index contributed by atoms with van der Waals surface area (Å²) < 4.78 is 42.9. The molecule has 0 aliphatic carbocycles.